The molecule has 0 aromatic carbocycles. The molecule has 2 rings (SSSR count). The SMILES string of the molecule is Cc1ccn(CCCn2cc(Cl)cn2)c(=O)c1C(=O)O. The third kappa shape index (κ3) is 3.08. The molecule has 0 saturated heterocycles. The lowest BCUT2D eigenvalue weighted by molar-refractivity contribution is 0.0693. The van der Waals surface area contributed by atoms with E-state index < -0.39 is 11.5 Å². The van der Waals surface area contributed by atoms with Gasteiger partial charge in [-0.25, -0.2) is 4.79 Å². The number of nitrogens with zero attached hydrogens (tertiary/aromatic N) is 3. The molecule has 106 valence electrons. The molecule has 2 aromatic rings. The van der Waals surface area contributed by atoms with Crippen molar-refractivity contribution < 1.29 is 9.90 Å². The monoisotopic (exact) mass is 295 g/mol. The van der Waals surface area contributed by atoms with Gasteiger partial charge in [0.15, 0.2) is 0 Å². The molecule has 0 bridgehead atoms. The third-order valence-electron chi connectivity index (χ3n) is 2.98. The number of aromatic nitrogens is 3. The molecule has 0 radical (unpaired) electrons. The van der Waals surface area contributed by atoms with E-state index in [1.165, 1.54) is 4.57 Å². The Morgan fingerprint density at radius 1 is 1.45 bits per heavy atom. The standard InChI is InChI=1S/C13H14ClN3O3/c1-9-3-6-16(12(18)11(9)13(19)20)4-2-5-17-8-10(14)7-15-17/h3,6-8H,2,4-5H2,1H3,(H,19,20). The molecule has 0 aliphatic carbocycles. The lowest BCUT2D eigenvalue weighted by Gasteiger charge is -2.08. The summed E-state index contributed by atoms with van der Waals surface area (Å²) in [5.41, 5.74) is -0.178. The summed E-state index contributed by atoms with van der Waals surface area (Å²) in [6, 6.07) is 1.63. The fourth-order valence-corrected chi connectivity index (χ4v) is 2.12. The summed E-state index contributed by atoms with van der Waals surface area (Å²) in [6.07, 6.45) is 5.50. The first-order valence-corrected chi connectivity index (χ1v) is 6.48. The van der Waals surface area contributed by atoms with Gasteiger partial charge in [-0.2, -0.15) is 5.10 Å². The van der Waals surface area contributed by atoms with Gasteiger partial charge < -0.3 is 9.67 Å². The van der Waals surface area contributed by atoms with Crippen molar-refractivity contribution >= 4 is 17.6 Å². The van der Waals surface area contributed by atoms with Gasteiger partial charge in [-0.15, -0.1) is 0 Å². The highest BCUT2D eigenvalue weighted by molar-refractivity contribution is 6.30. The summed E-state index contributed by atoms with van der Waals surface area (Å²) in [7, 11) is 0. The Hall–Kier alpha value is -2.08. The van der Waals surface area contributed by atoms with Crippen LogP contribution in [-0.4, -0.2) is 25.4 Å². The number of aromatic carboxylic acids is 1. The lowest BCUT2D eigenvalue weighted by Crippen LogP contribution is -2.27. The molecule has 0 saturated carbocycles. The molecule has 6 nitrogen and oxygen atoms in total. The van der Waals surface area contributed by atoms with E-state index in [2.05, 4.69) is 5.10 Å². The molecule has 0 unspecified atom stereocenters. The number of carboxylic acids is 1. The second-order valence-electron chi connectivity index (χ2n) is 4.45. The van der Waals surface area contributed by atoms with Crippen LogP contribution in [0.1, 0.15) is 22.3 Å². The van der Waals surface area contributed by atoms with Gasteiger partial charge in [-0.3, -0.25) is 9.48 Å². The van der Waals surface area contributed by atoms with Crippen LogP contribution in [-0.2, 0) is 13.1 Å². The molecule has 0 fully saturated rings. The van der Waals surface area contributed by atoms with E-state index in [9.17, 15) is 9.59 Å². The number of carbonyl (C=O) groups is 1. The van der Waals surface area contributed by atoms with Crippen molar-refractivity contribution in [3.8, 4) is 0 Å². The van der Waals surface area contributed by atoms with Gasteiger partial charge in [0.1, 0.15) is 5.56 Å². The predicted molar refractivity (Wildman–Crippen MR) is 74.3 cm³/mol. The molecule has 0 spiro atoms. The predicted octanol–water partition coefficient (Wildman–Crippen LogP) is 1.80. The van der Waals surface area contributed by atoms with Crippen LogP contribution >= 0.6 is 11.6 Å². The Morgan fingerprint density at radius 3 is 2.80 bits per heavy atom. The largest absolute Gasteiger partial charge is 0.477 e. The number of pyridine rings is 1. The zero-order valence-electron chi connectivity index (χ0n) is 10.9. The van der Waals surface area contributed by atoms with Crippen LogP contribution in [0.15, 0.2) is 29.5 Å². The Morgan fingerprint density at radius 2 is 2.20 bits per heavy atom. The molecule has 20 heavy (non-hydrogen) atoms. The highest BCUT2D eigenvalue weighted by Crippen LogP contribution is 2.06. The second kappa shape index (κ2) is 5.92. The molecule has 0 aliphatic heterocycles. The zero-order chi connectivity index (χ0) is 14.7. The summed E-state index contributed by atoms with van der Waals surface area (Å²) < 4.78 is 3.08. The van der Waals surface area contributed by atoms with Crippen LogP contribution < -0.4 is 5.56 Å². The molecular formula is C13H14ClN3O3. The minimum atomic E-state index is -1.19. The van der Waals surface area contributed by atoms with Gasteiger partial charge in [-0.05, 0) is 25.0 Å². The van der Waals surface area contributed by atoms with E-state index in [-0.39, 0.29) is 5.56 Å². The van der Waals surface area contributed by atoms with Crippen LogP contribution in [0.4, 0.5) is 0 Å². The first kappa shape index (κ1) is 14.3. The molecule has 0 amide bonds. The maximum absolute atomic E-state index is 12.0. The molecule has 2 aromatic heterocycles. The van der Waals surface area contributed by atoms with Crippen LogP contribution in [0.5, 0.6) is 0 Å². The van der Waals surface area contributed by atoms with Gasteiger partial charge in [-0.1, -0.05) is 11.6 Å². The fourth-order valence-electron chi connectivity index (χ4n) is 1.96. The van der Waals surface area contributed by atoms with Crippen molar-refractivity contribution in [3.05, 3.63) is 51.2 Å². The quantitative estimate of drug-likeness (QED) is 0.912. The van der Waals surface area contributed by atoms with E-state index in [4.69, 9.17) is 16.7 Å². The average Bonchev–Trinajstić information content (AvgIpc) is 2.77. The minimum Gasteiger partial charge on any atom is -0.477 e. The maximum atomic E-state index is 12.0. The molecule has 2 heterocycles. The number of hydrogen-bond acceptors (Lipinski definition) is 3. The van der Waals surface area contributed by atoms with Gasteiger partial charge in [0.05, 0.1) is 11.2 Å². The fraction of sp³-hybridized carbons (Fsp3) is 0.308. The highest BCUT2D eigenvalue weighted by atomic mass is 35.5. The Labute approximate surface area is 120 Å². The summed E-state index contributed by atoms with van der Waals surface area (Å²) in [5.74, 6) is -1.19. The zero-order valence-corrected chi connectivity index (χ0v) is 11.7. The van der Waals surface area contributed by atoms with Crippen LogP contribution in [0.25, 0.3) is 0 Å². The lowest BCUT2D eigenvalue weighted by atomic mass is 10.1. The van der Waals surface area contributed by atoms with Crippen molar-refractivity contribution in [3.63, 3.8) is 0 Å². The van der Waals surface area contributed by atoms with Gasteiger partial charge in [0.2, 0.25) is 0 Å². The van der Waals surface area contributed by atoms with Crippen molar-refractivity contribution in [1.29, 1.82) is 0 Å². The Balaban J connectivity index is 2.09. The molecule has 0 atom stereocenters. The number of carboxylic acid groups (broad SMARTS) is 1. The minimum absolute atomic E-state index is 0.172. The first-order chi connectivity index (χ1) is 9.49. The van der Waals surface area contributed by atoms with Gasteiger partial charge in [0, 0.05) is 25.5 Å². The number of aryl methyl sites for hydroxylation is 3. The summed E-state index contributed by atoms with van der Waals surface area (Å²) in [4.78, 5) is 23.1. The summed E-state index contributed by atoms with van der Waals surface area (Å²) >= 11 is 5.75. The van der Waals surface area contributed by atoms with Crippen molar-refractivity contribution in [2.45, 2.75) is 26.4 Å². The maximum Gasteiger partial charge on any atom is 0.341 e. The molecule has 0 aliphatic rings. The van der Waals surface area contributed by atoms with E-state index >= 15 is 0 Å². The van der Waals surface area contributed by atoms with Crippen LogP contribution in [0, 0.1) is 6.92 Å². The van der Waals surface area contributed by atoms with Crippen LogP contribution in [0.2, 0.25) is 5.02 Å². The Kier molecular flexibility index (Phi) is 4.24. The van der Waals surface area contributed by atoms with Crippen molar-refractivity contribution in [2.24, 2.45) is 0 Å². The first-order valence-electron chi connectivity index (χ1n) is 6.10. The van der Waals surface area contributed by atoms with E-state index in [0.29, 0.717) is 30.1 Å². The smallest absolute Gasteiger partial charge is 0.341 e. The average molecular weight is 296 g/mol. The van der Waals surface area contributed by atoms with Gasteiger partial charge >= 0.3 is 5.97 Å². The molecule has 1 N–H and O–H groups in total. The number of hydrogen-bond donors (Lipinski definition) is 1. The number of rotatable bonds is 5. The summed E-state index contributed by atoms with van der Waals surface area (Å²) in [5, 5.41) is 13.6. The molecular weight excluding hydrogens is 282 g/mol. The highest BCUT2D eigenvalue weighted by Gasteiger charge is 2.13. The molecule has 7 heteroatoms. The van der Waals surface area contributed by atoms with E-state index in [1.807, 2.05) is 0 Å². The van der Waals surface area contributed by atoms with E-state index in [0.717, 1.165) is 0 Å². The Bertz CT molecular complexity index is 690. The summed E-state index contributed by atoms with van der Waals surface area (Å²) in [6.45, 7) is 2.65. The van der Waals surface area contributed by atoms with Crippen molar-refractivity contribution in [1.82, 2.24) is 14.3 Å². The van der Waals surface area contributed by atoms with E-state index in [1.54, 1.807) is 36.3 Å². The van der Waals surface area contributed by atoms with Gasteiger partial charge in [0.25, 0.3) is 5.56 Å². The van der Waals surface area contributed by atoms with Crippen LogP contribution in [0.3, 0.4) is 0 Å². The normalized spacial score (nSPS) is 10.7. The topological polar surface area (TPSA) is 77.1 Å². The van der Waals surface area contributed by atoms with Crippen molar-refractivity contribution in [2.75, 3.05) is 0 Å². The number of halogens is 1. The third-order valence-corrected chi connectivity index (χ3v) is 3.17. The second-order valence-corrected chi connectivity index (χ2v) is 4.89.